The average molecular weight is 444 g/mol. The predicted octanol–water partition coefficient (Wildman–Crippen LogP) is 4.58. The Balaban J connectivity index is 1.23. The van der Waals surface area contributed by atoms with E-state index >= 15 is 0 Å². The topological polar surface area (TPSA) is 70.7 Å². The Labute approximate surface area is 194 Å². The summed E-state index contributed by atoms with van der Waals surface area (Å²) >= 11 is 0. The molecule has 33 heavy (non-hydrogen) atoms. The number of anilines is 1. The quantitative estimate of drug-likeness (QED) is 0.562. The van der Waals surface area contributed by atoms with Gasteiger partial charge in [0.2, 0.25) is 5.91 Å². The number of amides is 3. The van der Waals surface area contributed by atoms with Gasteiger partial charge in [-0.1, -0.05) is 54.6 Å². The zero-order valence-corrected chi connectivity index (χ0v) is 18.8. The number of ether oxygens (including phenoxy) is 1. The third-order valence-corrected chi connectivity index (χ3v) is 5.99. The fraction of sp³-hybridized carbons (Fsp3) is 0.259. The highest BCUT2D eigenvalue weighted by Crippen LogP contribution is 2.27. The zero-order chi connectivity index (χ0) is 23.0. The summed E-state index contributed by atoms with van der Waals surface area (Å²) in [5.74, 6) is 1.34. The lowest BCUT2D eigenvalue weighted by Crippen LogP contribution is -2.30. The summed E-state index contributed by atoms with van der Waals surface area (Å²) in [6.07, 6.45) is 1.37. The van der Waals surface area contributed by atoms with Gasteiger partial charge in [0.15, 0.2) is 0 Å². The number of methoxy groups -OCH3 is 1. The SMILES string of the molecule is COc1ccc(CNC(=O)Nc2ccc(CC(=O)N3CCC(c4ccccc4)C3)cc2)cc1. The molecule has 0 aliphatic carbocycles. The van der Waals surface area contributed by atoms with Crippen molar-refractivity contribution in [1.29, 1.82) is 0 Å². The molecule has 3 aromatic rings. The van der Waals surface area contributed by atoms with Crippen LogP contribution in [-0.4, -0.2) is 37.0 Å². The van der Waals surface area contributed by atoms with Crippen LogP contribution in [0.1, 0.15) is 29.0 Å². The molecule has 0 radical (unpaired) electrons. The van der Waals surface area contributed by atoms with Gasteiger partial charge in [-0.3, -0.25) is 4.79 Å². The summed E-state index contributed by atoms with van der Waals surface area (Å²) in [7, 11) is 1.62. The lowest BCUT2D eigenvalue weighted by atomic mass is 9.99. The number of carbonyl (C=O) groups is 2. The van der Waals surface area contributed by atoms with E-state index in [9.17, 15) is 9.59 Å². The van der Waals surface area contributed by atoms with Crippen LogP contribution < -0.4 is 15.4 Å². The average Bonchev–Trinajstić information content (AvgIpc) is 3.35. The number of likely N-dealkylation sites (tertiary alicyclic amines) is 1. The van der Waals surface area contributed by atoms with E-state index in [1.807, 2.05) is 59.5 Å². The number of rotatable bonds is 7. The predicted molar refractivity (Wildman–Crippen MR) is 129 cm³/mol. The summed E-state index contributed by atoms with van der Waals surface area (Å²) < 4.78 is 5.14. The maximum absolute atomic E-state index is 12.8. The molecule has 0 aromatic heterocycles. The molecule has 1 atom stereocenters. The molecule has 6 heteroatoms. The molecule has 1 unspecified atom stereocenters. The minimum Gasteiger partial charge on any atom is -0.497 e. The first kappa shape index (κ1) is 22.4. The Morgan fingerprint density at radius 3 is 2.33 bits per heavy atom. The van der Waals surface area contributed by atoms with Gasteiger partial charge in [-0.2, -0.15) is 0 Å². The first-order valence-corrected chi connectivity index (χ1v) is 11.2. The van der Waals surface area contributed by atoms with E-state index in [4.69, 9.17) is 4.74 Å². The van der Waals surface area contributed by atoms with Crippen LogP contribution in [0, 0.1) is 0 Å². The largest absolute Gasteiger partial charge is 0.497 e. The van der Waals surface area contributed by atoms with Crippen molar-refractivity contribution in [3.63, 3.8) is 0 Å². The molecule has 1 saturated heterocycles. The third kappa shape index (κ3) is 6.13. The van der Waals surface area contributed by atoms with Gasteiger partial charge in [0.25, 0.3) is 0 Å². The third-order valence-electron chi connectivity index (χ3n) is 5.99. The van der Waals surface area contributed by atoms with E-state index < -0.39 is 0 Å². The molecule has 170 valence electrons. The Bertz CT molecular complexity index is 1070. The van der Waals surface area contributed by atoms with Crippen LogP contribution >= 0.6 is 0 Å². The smallest absolute Gasteiger partial charge is 0.319 e. The molecule has 1 heterocycles. The van der Waals surface area contributed by atoms with Gasteiger partial charge in [0, 0.05) is 31.2 Å². The first-order chi connectivity index (χ1) is 16.1. The number of carbonyl (C=O) groups excluding carboxylic acids is 2. The lowest BCUT2D eigenvalue weighted by molar-refractivity contribution is -0.129. The minimum atomic E-state index is -0.279. The molecule has 1 aliphatic rings. The Morgan fingerprint density at radius 2 is 1.64 bits per heavy atom. The number of urea groups is 1. The second kappa shape index (κ2) is 10.7. The fourth-order valence-electron chi connectivity index (χ4n) is 4.08. The maximum atomic E-state index is 12.8. The second-order valence-corrected chi connectivity index (χ2v) is 8.27. The van der Waals surface area contributed by atoms with E-state index in [-0.39, 0.29) is 11.9 Å². The van der Waals surface area contributed by atoms with Crippen LogP contribution in [0.3, 0.4) is 0 Å². The van der Waals surface area contributed by atoms with E-state index in [1.54, 1.807) is 7.11 Å². The van der Waals surface area contributed by atoms with E-state index in [1.165, 1.54) is 5.56 Å². The number of nitrogens with zero attached hydrogens (tertiary/aromatic N) is 1. The summed E-state index contributed by atoms with van der Waals surface area (Å²) in [5, 5.41) is 5.66. The molecule has 3 amide bonds. The summed E-state index contributed by atoms with van der Waals surface area (Å²) in [5.41, 5.74) is 3.90. The van der Waals surface area contributed by atoms with Crippen LogP contribution in [0.4, 0.5) is 10.5 Å². The first-order valence-electron chi connectivity index (χ1n) is 11.2. The van der Waals surface area contributed by atoms with Crippen molar-refractivity contribution in [2.45, 2.75) is 25.3 Å². The second-order valence-electron chi connectivity index (χ2n) is 8.27. The monoisotopic (exact) mass is 443 g/mol. The van der Waals surface area contributed by atoms with E-state index in [2.05, 4.69) is 34.9 Å². The number of nitrogens with one attached hydrogen (secondary N) is 2. The Kier molecular flexibility index (Phi) is 7.25. The highest BCUT2D eigenvalue weighted by atomic mass is 16.5. The number of benzene rings is 3. The van der Waals surface area contributed by atoms with Crippen LogP contribution in [-0.2, 0) is 17.8 Å². The molecular formula is C27H29N3O3. The van der Waals surface area contributed by atoms with Gasteiger partial charge in [-0.15, -0.1) is 0 Å². The molecule has 0 spiro atoms. The lowest BCUT2D eigenvalue weighted by Gasteiger charge is -2.17. The molecule has 1 aliphatic heterocycles. The molecule has 0 saturated carbocycles. The highest BCUT2D eigenvalue weighted by Gasteiger charge is 2.27. The van der Waals surface area contributed by atoms with Gasteiger partial charge < -0.3 is 20.3 Å². The highest BCUT2D eigenvalue weighted by molar-refractivity contribution is 5.89. The van der Waals surface area contributed by atoms with Gasteiger partial charge in [-0.05, 0) is 47.4 Å². The van der Waals surface area contributed by atoms with Crippen molar-refractivity contribution >= 4 is 17.6 Å². The van der Waals surface area contributed by atoms with Crippen LogP contribution in [0.2, 0.25) is 0 Å². The standard InChI is InChI=1S/C27H29N3O3/c1-33-25-13-9-21(10-14-25)18-28-27(32)29-24-11-7-20(8-12-24)17-26(31)30-16-15-23(19-30)22-5-3-2-4-6-22/h2-14,23H,15-19H2,1H3,(H2,28,29,32). The van der Waals surface area contributed by atoms with Crippen molar-refractivity contribution in [1.82, 2.24) is 10.2 Å². The Hall–Kier alpha value is -3.80. The van der Waals surface area contributed by atoms with Crippen LogP contribution in [0.25, 0.3) is 0 Å². The summed E-state index contributed by atoms with van der Waals surface area (Å²) in [6, 6.07) is 25.1. The summed E-state index contributed by atoms with van der Waals surface area (Å²) in [4.78, 5) is 26.9. The normalized spacial score (nSPS) is 15.2. The Morgan fingerprint density at radius 1 is 0.939 bits per heavy atom. The fourth-order valence-corrected chi connectivity index (χ4v) is 4.08. The molecule has 1 fully saturated rings. The van der Waals surface area contributed by atoms with Gasteiger partial charge in [0.1, 0.15) is 5.75 Å². The number of hydrogen-bond donors (Lipinski definition) is 2. The van der Waals surface area contributed by atoms with E-state index in [0.717, 1.165) is 36.4 Å². The molecule has 6 nitrogen and oxygen atoms in total. The van der Waals surface area contributed by atoms with Crippen LogP contribution in [0.15, 0.2) is 78.9 Å². The van der Waals surface area contributed by atoms with Crippen molar-refractivity contribution in [2.24, 2.45) is 0 Å². The maximum Gasteiger partial charge on any atom is 0.319 e. The number of hydrogen-bond acceptors (Lipinski definition) is 3. The van der Waals surface area contributed by atoms with Crippen molar-refractivity contribution in [3.8, 4) is 5.75 Å². The van der Waals surface area contributed by atoms with Crippen molar-refractivity contribution in [3.05, 3.63) is 95.6 Å². The molecule has 0 bridgehead atoms. The summed E-state index contributed by atoms with van der Waals surface area (Å²) in [6.45, 7) is 1.99. The molecule has 4 rings (SSSR count). The van der Waals surface area contributed by atoms with Crippen LogP contribution in [0.5, 0.6) is 5.75 Å². The van der Waals surface area contributed by atoms with Crippen molar-refractivity contribution in [2.75, 3.05) is 25.5 Å². The minimum absolute atomic E-state index is 0.145. The van der Waals surface area contributed by atoms with Gasteiger partial charge in [-0.25, -0.2) is 4.79 Å². The molecule has 3 aromatic carbocycles. The molecule has 2 N–H and O–H groups in total. The van der Waals surface area contributed by atoms with Crippen molar-refractivity contribution < 1.29 is 14.3 Å². The molecular weight excluding hydrogens is 414 g/mol. The zero-order valence-electron chi connectivity index (χ0n) is 18.8. The van der Waals surface area contributed by atoms with E-state index in [0.29, 0.717) is 24.6 Å². The van der Waals surface area contributed by atoms with Gasteiger partial charge in [0.05, 0.1) is 13.5 Å². The van der Waals surface area contributed by atoms with Gasteiger partial charge >= 0.3 is 6.03 Å².